The minimum absolute atomic E-state index is 0.0811. The van der Waals surface area contributed by atoms with E-state index in [4.69, 9.17) is 9.72 Å². The lowest BCUT2D eigenvalue weighted by molar-refractivity contribution is -0.134. The molecule has 168 valence electrons. The quantitative estimate of drug-likeness (QED) is 0.800. The normalized spacial score (nSPS) is 24.4. The summed E-state index contributed by atoms with van der Waals surface area (Å²) in [4.78, 5) is 27.1. The molecule has 2 saturated heterocycles. The van der Waals surface area contributed by atoms with Gasteiger partial charge in [0.2, 0.25) is 11.9 Å². The first kappa shape index (κ1) is 21.1. The van der Waals surface area contributed by atoms with Crippen molar-refractivity contribution in [1.29, 1.82) is 0 Å². The van der Waals surface area contributed by atoms with E-state index in [0.717, 1.165) is 56.1 Å². The lowest BCUT2D eigenvalue weighted by Crippen LogP contribution is -2.40. The molecule has 2 atom stereocenters. The van der Waals surface area contributed by atoms with E-state index in [2.05, 4.69) is 53.1 Å². The van der Waals surface area contributed by atoms with Crippen LogP contribution in [0.4, 0.5) is 5.95 Å². The molecule has 7 heteroatoms. The van der Waals surface area contributed by atoms with E-state index in [1.807, 2.05) is 17.2 Å². The first-order chi connectivity index (χ1) is 15.6. The van der Waals surface area contributed by atoms with Crippen LogP contribution in [0.2, 0.25) is 0 Å². The summed E-state index contributed by atoms with van der Waals surface area (Å²) in [5.74, 6) is 0.899. The second-order valence-electron chi connectivity index (χ2n) is 9.21. The summed E-state index contributed by atoms with van der Waals surface area (Å²) in [7, 11) is 2.09. The van der Waals surface area contributed by atoms with Crippen molar-refractivity contribution in [2.45, 2.75) is 37.8 Å². The molecule has 32 heavy (non-hydrogen) atoms. The fourth-order valence-electron chi connectivity index (χ4n) is 5.12. The summed E-state index contributed by atoms with van der Waals surface area (Å²) in [6.45, 7) is 7.87. The number of nitrogens with zero attached hydrogens (tertiary/aromatic N) is 4. The van der Waals surface area contributed by atoms with Gasteiger partial charge >= 0.3 is 0 Å². The van der Waals surface area contributed by atoms with Gasteiger partial charge in [-0.1, -0.05) is 36.9 Å². The minimum Gasteiger partial charge on any atom is -0.381 e. The number of aromatic nitrogens is 2. The van der Waals surface area contributed by atoms with Crippen LogP contribution in [0.15, 0.2) is 48.8 Å². The topological polar surface area (TPSA) is 70.6 Å². The third-order valence-electron chi connectivity index (χ3n) is 6.91. The average Bonchev–Trinajstić information content (AvgIpc) is 3.21. The van der Waals surface area contributed by atoms with Crippen molar-refractivity contribution in [1.82, 2.24) is 19.8 Å². The largest absolute Gasteiger partial charge is 0.381 e. The van der Waals surface area contributed by atoms with E-state index >= 15 is 0 Å². The highest BCUT2D eigenvalue weighted by molar-refractivity contribution is 5.82. The highest BCUT2D eigenvalue weighted by Gasteiger charge is 2.40. The van der Waals surface area contributed by atoms with Gasteiger partial charge in [-0.2, -0.15) is 0 Å². The molecule has 0 radical (unpaired) electrons. The molecule has 1 aromatic heterocycles. The molecule has 0 saturated carbocycles. The smallest absolute Gasteiger partial charge is 0.232 e. The number of hydrogen-bond donors (Lipinski definition) is 1. The summed E-state index contributed by atoms with van der Waals surface area (Å²) >= 11 is 0. The fraction of sp³-hybridized carbons (Fsp3) is 0.480. The van der Waals surface area contributed by atoms with Gasteiger partial charge in [-0.25, -0.2) is 9.97 Å². The SMILES string of the molecule is C=C1Cc2cnc(NC3CCOCC3)nc2CN1C(=O)[C@@H]1CN(C)C[C@H]1c1ccccc1. The fourth-order valence-corrected chi connectivity index (χ4v) is 5.12. The van der Waals surface area contributed by atoms with Crippen LogP contribution in [-0.4, -0.2) is 65.1 Å². The molecule has 7 nitrogen and oxygen atoms in total. The van der Waals surface area contributed by atoms with E-state index in [1.165, 1.54) is 5.56 Å². The Labute approximate surface area is 189 Å². The summed E-state index contributed by atoms with van der Waals surface area (Å²) < 4.78 is 5.44. The second-order valence-corrected chi connectivity index (χ2v) is 9.21. The van der Waals surface area contributed by atoms with E-state index in [0.29, 0.717) is 25.0 Å². The van der Waals surface area contributed by atoms with Crippen LogP contribution >= 0.6 is 0 Å². The highest BCUT2D eigenvalue weighted by atomic mass is 16.5. The van der Waals surface area contributed by atoms with Gasteiger partial charge in [0.1, 0.15) is 0 Å². The second kappa shape index (κ2) is 9.00. The molecule has 4 heterocycles. The van der Waals surface area contributed by atoms with Gasteiger partial charge in [0, 0.05) is 56.6 Å². The Morgan fingerprint density at radius 2 is 1.97 bits per heavy atom. The van der Waals surface area contributed by atoms with Gasteiger partial charge in [0.25, 0.3) is 0 Å². The third-order valence-corrected chi connectivity index (χ3v) is 6.91. The van der Waals surface area contributed by atoms with Crippen molar-refractivity contribution in [3.05, 3.63) is 65.6 Å². The maximum atomic E-state index is 13.7. The molecule has 0 bridgehead atoms. The van der Waals surface area contributed by atoms with E-state index < -0.39 is 0 Å². The summed E-state index contributed by atoms with van der Waals surface area (Å²) in [5.41, 5.74) is 4.03. The van der Waals surface area contributed by atoms with Crippen LogP contribution in [0.5, 0.6) is 0 Å². The van der Waals surface area contributed by atoms with Crippen LogP contribution in [0.25, 0.3) is 0 Å². The summed E-state index contributed by atoms with van der Waals surface area (Å²) in [5, 5.41) is 3.44. The van der Waals surface area contributed by atoms with E-state index in [9.17, 15) is 4.79 Å². The molecule has 3 aliphatic heterocycles. The number of amides is 1. The number of ether oxygens (including phenoxy) is 1. The van der Waals surface area contributed by atoms with Crippen molar-refractivity contribution in [2.24, 2.45) is 5.92 Å². The van der Waals surface area contributed by atoms with Gasteiger partial charge < -0.3 is 19.9 Å². The number of hydrogen-bond acceptors (Lipinski definition) is 6. The molecule has 1 amide bonds. The third kappa shape index (κ3) is 4.27. The number of likely N-dealkylation sites (N-methyl/N-ethyl adjacent to an activating group) is 1. The first-order valence-corrected chi connectivity index (χ1v) is 11.5. The van der Waals surface area contributed by atoms with Gasteiger partial charge in [-0.15, -0.1) is 0 Å². The maximum absolute atomic E-state index is 13.7. The van der Waals surface area contributed by atoms with Crippen LogP contribution in [0.3, 0.4) is 0 Å². The van der Waals surface area contributed by atoms with Crippen LogP contribution in [0, 0.1) is 5.92 Å². The number of carbonyl (C=O) groups excluding carboxylic acids is 1. The molecule has 2 fully saturated rings. The summed E-state index contributed by atoms with van der Waals surface area (Å²) in [6.07, 6.45) is 4.40. The number of rotatable bonds is 4. The Hall–Kier alpha value is -2.77. The Balaban J connectivity index is 1.34. The van der Waals surface area contributed by atoms with Crippen molar-refractivity contribution >= 4 is 11.9 Å². The van der Waals surface area contributed by atoms with Crippen molar-refractivity contribution in [3.8, 4) is 0 Å². The van der Waals surface area contributed by atoms with Gasteiger partial charge in [-0.3, -0.25) is 4.79 Å². The zero-order chi connectivity index (χ0) is 22.1. The van der Waals surface area contributed by atoms with Crippen molar-refractivity contribution in [2.75, 3.05) is 38.7 Å². The predicted molar refractivity (Wildman–Crippen MR) is 123 cm³/mol. The van der Waals surface area contributed by atoms with E-state index in [1.54, 1.807) is 0 Å². The molecular formula is C25H31N5O2. The molecule has 3 aliphatic rings. The maximum Gasteiger partial charge on any atom is 0.232 e. The zero-order valence-electron chi connectivity index (χ0n) is 18.7. The molecule has 0 unspecified atom stereocenters. The van der Waals surface area contributed by atoms with Crippen LogP contribution in [-0.2, 0) is 22.5 Å². The first-order valence-electron chi connectivity index (χ1n) is 11.5. The number of benzene rings is 1. The monoisotopic (exact) mass is 433 g/mol. The lowest BCUT2D eigenvalue weighted by atomic mass is 9.87. The molecule has 2 aromatic rings. The van der Waals surface area contributed by atoms with Crippen molar-refractivity contribution in [3.63, 3.8) is 0 Å². The Bertz CT molecular complexity index is 989. The van der Waals surface area contributed by atoms with Crippen molar-refractivity contribution < 1.29 is 9.53 Å². The molecule has 1 N–H and O–H groups in total. The molecule has 5 rings (SSSR count). The number of nitrogens with one attached hydrogen (secondary N) is 1. The number of allylic oxidation sites excluding steroid dienone is 1. The lowest BCUT2D eigenvalue weighted by Gasteiger charge is -2.33. The average molecular weight is 434 g/mol. The standard InChI is InChI=1S/C25H31N5O2/c1-17-12-19-13-26-25(27-20-8-10-32-11-9-20)28-23(19)16-30(17)24(31)22-15-29(2)14-21(22)18-6-4-3-5-7-18/h3-7,13,20-22H,1,8-12,14-16H2,2H3,(H,26,27,28)/t21-,22+/m0/s1. The number of carbonyl (C=O) groups is 1. The number of anilines is 1. The number of fused-ring (bicyclic) bond motifs is 1. The van der Waals surface area contributed by atoms with Gasteiger partial charge in [0.15, 0.2) is 0 Å². The summed E-state index contributed by atoms with van der Waals surface area (Å²) in [6, 6.07) is 10.7. The highest BCUT2D eigenvalue weighted by Crippen LogP contribution is 2.35. The Kier molecular flexibility index (Phi) is 5.93. The molecular weight excluding hydrogens is 402 g/mol. The molecule has 0 spiro atoms. The van der Waals surface area contributed by atoms with Crippen LogP contribution < -0.4 is 5.32 Å². The van der Waals surface area contributed by atoms with Gasteiger partial charge in [-0.05, 0) is 31.0 Å². The number of likely N-dealkylation sites (tertiary alicyclic amines) is 1. The molecule has 0 aliphatic carbocycles. The van der Waals surface area contributed by atoms with Gasteiger partial charge in [0.05, 0.1) is 18.2 Å². The minimum atomic E-state index is -0.0811. The Morgan fingerprint density at radius 3 is 2.75 bits per heavy atom. The van der Waals surface area contributed by atoms with Crippen LogP contribution in [0.1, 0.15) is 35.6 Å². The zero-order valence-corrected chi connectivity index (χ0v) is 18.7. The molecule has 1 aromatic carbocycles. The predicted octanol–water partition coefficient (Wildman–Crippen LogP) is 2.81. The Morgan fingerprint density at radius 1 is 1.19 bits per heavy atom. The van der Waals surface area contributed by atoms with E-state index in [-0.39, 0.29) is 17.7 Å².